The van der Waals surface area contributed by atoms with Gasteiger partial charge in [-0.1, -0.05) is 0 Å². The molecule has 0 bridgehead atoms. The van der Waals surface area contributed by atoms with Gasteiger partial charge in [-0.2, -0.15) is 18.3 Å². The molecule has 9 nitrogen and oxygen atoms in total. The molecule has 0 radical (unpaired) electrons. The maximum Gasteiger partial charge on any atom is 0.435 e. The average molecular weight is 526 g/mol. The van der Waals surface area contributed by atoms with Crippen molar-refractivity contribution in [2.45, 2.75) is 42.8 Å². The quantitative estimate of drug-likeness (QED) is 0.286. The Morgan fingerprint density at radius 3 is 2.46 bits per heavy atom. The fourth-order valence-corrected chi connectivity index (χ4v) is 4.49. The number of benzene rings is 1. The number of nitrogens with zero attached hydrogens (tertiary/aromatic N) is 4. The van der Waals surface area contributed by atoms with Gasteiger partial charge >= 0.3 is 6.18 Å². The number of nitrogens with one attached hydrogen (secondary N) is 3. The maximum atomic E-state index is 13.0. The smallest absolute Gasteiger partial charge is 0.362 e. The Bertz CT molecular complexity index is 1280. The first kappa shape index (κ1) is 24.9. The van der Waals surface area contributed by atoms with Crippen molar-refractivity contribution in [1.29, 1.82) is 0 Å². The van der Waals surface area contributed by atoms with E-state index >= 15 is 0 Å². The molecular formula is C21H22F3N7O2S2. The first-order valence-corrected chi connectivity index (χ1v) is 12.6. The summed E-state index contributed by atoms with van der Waals surface area (Å²) in [6, 6.07) is 8.64. The number of halogens is 3. The van der Waals surface area contributed by atoms with E-state index in [2.05, 4.69) is 30.4 Å². The van der Waals surface area contributed by atoms with Gasteiger partial charge in [0.05, 0.1) is 4.90 Å². The van der Waals surface area contributed by atoms with Crippen molar-refractivity contribution < 1.29 is 21.6 Å². The van der Waals surface area contributed by atoms with Crippen LogP contribution in [0.2, 0.25) is 0 Å². The predicted molar refractivity (Wildman–Crippen MR) is 127 cm³/mol. The largest absolute Gasteiger partial charge is 0.435 e. The number of aromatic nitrogens is 4. The van der Waals surface area contributed by atoms with Gasteiger partial charge in [0.25, 0.3) is 10.0 Å². The summed E-state index contributed by atoms with van der Waals surface area (Å²) >= 11 is 5.25. The van der Waals surface area contributed by atoms with E-state index in [0.717, 1.165) is 18.9 Å². The Morgan fingerprint density at radius 2 is 1.83 bits per heavy atom. The summed E-state index contributed by atoms with van der Waals surface area (Å²) in [5.74, 6) is 0.116. The number of hydrogen-bond donors (Lipinski definition) is 3. The molecule has 0 aliphatic heterocycles. The fraction of sp³-hybridized carbons (Fsp3) is 0.333. The second-order valence-electron chi connectivity index (χ2n) is 7.89. The molecule has 3 aromatic rings. The van der Waals surface area contributed by atoms with Gasteiger partial charge in [0.2, 0.25) is 5.95 Å². The number of hydrogen-bond acceptors (Lipinski definition) is 6. The maximum absolute atomic E-state index is 13.0. The van der Waals surface area contributed by atoms with Crippen LogP contribution in [0.4, 0.5) is 24.8 Å². The van der Waals surface area contributed by atoms with Crippen molar-refractivity contribution >= 4 is 39.0 Å². The number of anilines is 2. The predicted octanol–water partition coefficient (Wildman–Crippen LogP) is 3.75. The summed E-state index contributed by atoms with van der Waals surface area (Å²) in [6.07, 6.45) is 0.667. The lowest BCUT2D eigenvalue weighted by Gasteiger charge is -2.12. The number of rotatable bonds is 9. The minimum atomic E-state index is -4.46. The molecule has 2 aromatic heterocycles. The molecule has 4 rings (SSSR count). The summed E-state index contributed by atoms with van der Waals surface area (Å²) in [5, 5.41) is 9.97. The minimum absolute atomic E-state index is 0.0262. The molecule has 1 aromatic carbocycles. The van der Waals surface area contributed by atoms with E-state index in [1.54, 1.807) is 18.2 Å². The van der Waals surface area contributed by atoms with Gasteiger partial charge in [0.15, 0.2) is 10.8 Å². The van der Waals surface area contributed by atoms with Crippen LogP contribution in [0, 0.1) is 0 Å². The molecule has 186 valence electrons. The summed E-state index contributed by atoms with van der Waals surface area (Å²) in [4.78, 5) is 7.70. The van der Waals surface area contributed by atoms with Crippen LogP contribution in [-0.2, 0) is 22.7 Å². The van der Waals surface area contributed by atoms with E-state index in [1.165, 1.54) is 29.2 Å². The molecular weight excluding hydrogens is 503 g/mol. The van der Waals surface area contributed by atoms with Crippen molar-refractivity contribution in [3.8, 4) is 0 Å². The number of aryl methyl sites for hydroxylation is 1. The van der Waals surface area contributed by atoms with Gasteiger partial charge in [-0.05, 0) is 67.9 Å². The van der Waals surface area contributed by atoms with Gasteiger partial charge in [0, 0.05) is 42.8 Å². The molecule has 1 aliphatic rings. The molecule has 0 saturated heterocycles. The van der Waals surface area contributed by atoms with Crippen molar-refractivity contribution in [1.82, 2.24) is 25.1 Å². The van der Waals surface area contributed by atoms with Crippen molar-refractivity contribution in [3.63, 3.8) is 0 Å². The van der Waals surface area contributed by atoms with E-state index in [-0.39, 0.29) is 16.8 Å². The van der Waals surface area contributed by atoms with Crippen molar-refractivity contribution in [2.75, 3.05) is 16.6 Å². The monoisotopic (exact) mass is 525 g/mol. The number of sulfonamides is 1. The molecule has 1 saturated carbocycles. The number of alkyl halides is 3. The van der Waals surface area contributed by atoms with Gasteiger partial charge in [0.1, 0.15) is 0 Å². The normalized spacial score (nSPS) is 13.9. The summed E-state index contributed by atoms with van der Waals surface area (Å²) < 4.78 is 67.6. The highest BCUT2D eigenvalue weighted by molar-refractivity contribution is 7.92. The molecule has 0 amide bonds. The zero-order chi connectivity index (χ0) is 25.1. The molecule has 0 atom stereocenters. The lowest BCUT2D eigenvalue weighted by atomic mass is 10.2. The third kappa shape index (κ3) is 6.66. The lowest BCUT2D eigenvalue weighted by molar-refractivity contribution is -0.141. The highest BCUT2D eigenvalue weighted by Crippen LogP contribution is 2.42. The molecule has 35 heavy (non-hydrogen) atoms. The van der Waals surface area contributed by atoms with Crippen LogP contribution in [0.3, 0.4) is 0 Å². The summed E-state index contributed by atoms with van der Waals surface area (Å²) in [7, 11) is -3.85. The Balaban J connectivity index is 1.25. The summed E-state index contributed by atoms with van der Waals surface area (Å²) in [6.45, 7) is 0.757. The second-order valence-corrected chi connectivity index (χ2v) is 9.98. The lowest BCUT2D eigenvalue weighted by Crippen LogP contribution is -2.30. The minimum Gasteiger partial charge on any atom is -0.362 e. The third-order valence-electron chi connectivity index (χ3n) is 5.14. The van der Waals surface area contributed by atoms with Gasteiger partial charge in [-0.15, -0.1) is 0 Å². The van der Waals surface area contributed by atoms with Crippen LogP contribution in [0.1, 0.15) is 36.6 Å². The number of thiocarbonyl (C=S) groups is 1. The van der Waals surface area contributed by atoms with Crippen LogP contribution < -0.4 is 15.4 Å². The average Bonchev–Trinajstić information content (AvgIpc) is 3.55. The highest BCUT2D eigenvalue weighted by atomic mass is 32.2. The Morgan fingerprint density at radius 1 is 1.14 bits per heavy atom. The highest BCUT2D eigenvalue weighted by Gasteiger charge is 2.37. The zero-order valence-corrected chi connectivity index (χ0v) is 19.9. The van der Waals surface area contributed by atoms with Crippen LogP contribution >= 0.6 is 12.2 Å². The topological polar surface area (TPSA) is 114 Å². The van der Waals surface area contributed by atoms with Gasteiger partial charge in [-0.25, -0.2) is 23.1 Å². The Labute approximate surface area is 205 Å². The first-order valence-electron chi connectivity index (χ1n) is 10.7. The molecule has 2 heterocycles. The second kappa shape index (κ2) is 10.2. The van der Waals surface area contributed by atoms with Crippen LogP contribution in [0.5, 0.6) is 0 Å². The molecule has 3 N–H and O–H groups in total. The van der Waals surface area contributed by atoms with E-state index in [4.69, 9.17) is 12.2 Å². The molecule has 0 spiro atoms. The third-order valence-corrected chi connectivity index (χ3v) is 6.73. The van der Waals surface area contributed by atoms with Crippen LogP contribution in [-0.4, -0.2) is 39.8 Å². The van der Waals surface area contributed by atoms with Crippen molar-refractivity contribution in [2.24, 2.45) is 0 Å². The van der Waals surface area contributed by atoms with E-state index in [1.807, 2.05) is 0 Å². The SMILES string of the molecule is O=S(=O)(Nc1ncccn1)c1ccc(NC(=S)NCCCn2nc(C(F)(F)F)cc2C2CC2)cc1. The fourth-order valence-electron chi connectivity index (χ4n) is 3.31. The van der Waals surface area contributed by atoms with E-state index in [0.29, 0.717) is 36.0 Å². The van der Waals surface area contributed by atoms with Crippen LogP contribution in [0.15, 0.2) is 53.7 Å². The molecule has 1 fully saturated rings. The van der Waals surface area contributed by atoms with Crippen molar-refractivity contribution in [3.05, 3.63) is 60.2 Å². The van der Waals surface area contributed by atoms with E-state index < -0.39 is 21.9 Å². The zero-order valence-electron chi connectivity index (χ0n) is 18.3. The first-order chi connectivity index (χ1) is 16.6. The Hall–Kier alpha value is -3.26. The molecule has 0 unspecified atom stereocenters. The van der Waals surface area contributed by atoms with Gasteiger partial charge in [-0.3, -0.25) is 4.68 Å². The summed E-state index contributed by atoms with van der Waals surface area (Å²) in [5.41, 5.74) is 0.332. The van der Waals surface area contributed by atoms with Crippen LogP contribution in [0.25, 0.3) is 0 Å². The Kier molecular flexibility index (Phi) is 7.21. The molecule has 14 heteroatoms. The standard InChI is InChI=1S/C21H22F3N7O2S2/c22-21(23,24)18-13-17(14-3-4-14)31(29-18)12-2-11-27-20(34)28-15-5-7-16(8-6-15)35(32,33)30-19-25-9-1-10-26-19/h1,5-10,13-14H,2-4,11-12H2,(H,25,26,30)(H2,27,28,34). The molecule has 1 aliphatic carbocycles. The van der Waals surface area contributed by atoms with E-state index in [9.17, 15) is 21.6 Å². The van der Waals surface area contributed by atoms with Gasteiger partial charge < -0.3 is 10.6 Å².